The molecule has 1 heterocycles. The first-order valence-corrected chi connectivity index (χ1v) is 17.5. The van der Waals surface area contributed by atoms with Gasteiger partial charge >= 0.3 is 0 Å². The van der Waals surface area contributed by atoms with E-state index in [9.17, 15) is 9.50 Å². The first kappa shape index (κ1) is 29.1. The maximum atomic E-state index is 12.5. The lowest BCUT2D eigenvalue weighted by atomic mass is 9.88. The fourth-order valence-corrected chi connectivity index (χ4v) is 7.00. The van der Waals surface area contributed by atoms with E-state index in [1.807, 2.05) is 12.1 Å². The van der Waals surface area contributed by atoms with E-state index in [0.29, 0.717) is 12.2 Å². The van der Waals surface area contributed by atoms with E-state index in [0.717, 1.165) is 51.1 Å². The van der Waals surface area contributed by atoms with Crippen molar-refractivity contribution in [2.75, 3.05) is 26.3 Å². The summed E-state index contributed by atoms with van der Waals surface area (Å²) in [5.74, 6) is 1.21. The maximum Gasteiger partial charge on any atom is 0.119 e. The van der Waals surface area contributed by atoms with Gasteiger partial charge in [-0.25, -0.2) is 0 Å². The Kier molecular flexibility index (Phi) is 9.34. The minimum Gasteiger partial charge on any atom is -0.508 e. The molecule has 208 valence electrons. The minimum absolute atomic E-state index is 0. The van der Waals surface area contributed by atoms with Crippen molar-refractivity contribution < 1.29 is 14.2 Å². The number of nitrogens with zero attached hydrogens (tertiary/aromatic N) is 1. The van der Waals surface area contributed by atoms with Gasteiger partial charge in [0.05, 0.1) is 14.7 Å². The quantitative estimate of drug-likeness (QED) is 0.295. The number of hydrogen-bond acceptors (Lipinski definition) is 3. The molecule has 5 rings (SSSR count). The smallest absolute Gasteiger partial charge is 0.119 e. The lowest BCUT2D eigenvalue weighted by Gasteiger charge is -2.20. The SMILES string of the molecule is C.C[Si](C)(C)c1ccc(C2=C(c3ccc(O[C@H]4CCN(CCCF)C4)cc3)c3ccc(O)cc3CCC2)cc1. The highest BCUT2D eigenvalue weighted by atomic mass is 28.3. The van der Waals surface area contributed by atoms with Gasteiger partial charge in [-0.05, 0) is 89.8 Å². The van der Waals surface area contributed by atoms with E-state index < -0.39 is 8.07 Å². The Labute approximate surface area is 235 Å². The Bertz CT molecular complexity index is 1280. The highest BCUT2D eigenvalue weighted by Crippen LogP contribution is 2.41. The van der Waals surface area contributed by atoms with Gasteiger partial charge in [0, 0.05) is 19.6 Å². The highest BCUT2D eigenvalue weighted by Gasteiger charge is 2.25. The summed E-state index contributed by atoms with van der Waals surface area (Å²) in [5, 5.41) is 11.7. The van der Waals surface area contributed by atoms with Crippen LogP contribution in [0.5, 0.6) is 11.5 Å². The first-order chi connectivity index (χ1) is 18.3. The molecule has 1 saturated heterocycles. The van der Waals surface area contributed by atoms with Crippen LogP contribution in [-0.4, -0.2) is 50.5 Å². The fourth-order valence-electron chi connectivity index (χ4n) is 5.84. The summed E-state index contributed by atoms with van der Waals surface area (Å²) in [5.41, 5.74) is 7.48. The molecular weight excluding hydrogens is 501 g/mol. The van der Waals surface area contributed by atoms with Gasteiger partial charge in [0.25, 0.3) is 0 Å². The summed E-state index contributed by atoms with van der Waals surface area (Å²) < 4.78 is 18.9. The molecule has 3 aromatic carbocycles. The molecule has 0 amide bonds. The summed E-state index contributed by atoms with van der Waals surface area (Å²) in [6.45, 7) is 9.54. The van der Waals surface area contributed by atoms with Gasteiger partial charge in [0.15, 0.2) is 0 Å². The summed E-state index contributed by atoms with van der Waals surface area (Å²) in [6, 6.07) is 23.6. The Morgan fingerprint density at radius 2 is 1.67 bits per heavy atom. The summed E-state index contributed by atoms with van der Waals surface area (Å²) in [6.07, 6.45) is 4.72. The summed E-state index contributed by atoms with van der Waals surface area (Å²) >= 11 is 0. The molecule has 5 heteroatoms. The standard InChI is InChI=1S/C33H40FNO2Si.CH4/c1-38(2,3)30-15-10-24(11-16-30)31-7-4-6-26-22-27(36)12-17-32(26)33(31)25-8-13-28(14-9-25)37-29-18-21-35(23-29)20-5-19-34;/h8-17,22,29,36H,4-7,18-21,23H2,1-3H3;1H4/t29-;/m0./s1. The number of rotatable bonds is 8. The van der Waals surface area contributed by atoms with E-state index in [1.165, 1.54) is 38.6 Å². The number of allylic oxidation sites excluding steroid dienone is 1. The number of fused-ring (bicyclic) bond motifs is 1. The Morgan fingerprint density at radius 1 is 0.949 bits per heavy atom. The second-order valence-corrected chi connectivity index (χ2v) is 16.8. The zero-order valence-electron chi connectivity index (χ0n) is 23.0. The van der Waals surface area contributed by atoms with Gasteiger partial charge in [0.1, 0.15) is 17.6 Å². The molecule has 1 N–H and O–H groups in total. The number of benzene rings is 3. The summed E-state index contributed by atoms with van der Waals surface area (Å²) in [7, 11) is -1.37. The van der Waals surface area contributed by atoms with E-state index >= 15 is 0 Å². The molecule has 1 aliphatic carbocycles. The molecular formula is C34H44FNO2Si. The van der Waals surface area contributed by atoms with Crippen LogP contribution in [-0.2, 0) is 6.42 Å². The predicted octanol–water partition coefficient (Wildman–Crippen LogP) is 7.68. The van der Waals surface area contributed by atoms with Crippen LogP contribution in [0.2, 0.25) is 19.6 Å². The van der Waals surface area contributed by atoms with Crippen LogP contribution in [0.1, 0.15) is 55.4 Å². The van der Waals surface area contributed by atoms with Crippen molar-refractivity contribution in [3.63, 3.8) is 0 Å². The number of ether oxygens (including phenoxy) is 1. The Balaban J connectivity index is 0.00000353. The third-order valence-electron chi connectivity index (χ3n) is 7.92. The van der Waals surface area contributed by atoms with Crippen LogP contribution in [0.25, 0.3) is 11.1 Å². The molecule has 0 spiro atoms. The van der Waals surface area contributed by atoms with Crippen LogP contribution in [0.15, 0.2) is 66.7 Å². The monoisotopic (exact) mass is 545 g/mol. The number of phenols is 1. The zero-order valence-corrected chi connectivity index (χ0v) is 24.0. The Hall–Kier alpha value is -2.89. The van der Waals surface area contributed by atoms with Crippen LogP contribution in [0.3, 0.4) is 0 Å². The molecule has 0 aromatic heterocycles. The second-order valence-electron chi connectivity index (χ2n) is 11.8. The molecule has 0 saturated carbocycles. The van der Waals surface area contributed by atoms with Gasteiger partial charge in [-0.1, -0.05) is 74.7 Å². The molecule has 1 atom stereocenters. The average molecular weight is 546 g/mol. The topological polar surface area (TPSA) is 32.7 Å². The van der Waals surface area contributed by atoms with Gasteiger partial charge < -0.3 is 9.84 Å². The molecule has 0 bridgehead atoms. The van der Waals surface area contributed by atoms with Gasteiger partial charge in [-0.3, -0.25) is 9.29 Å². The molecule has 3 nitrogen and oxygen atoms in total. The van der Waals surface area contributed by atoms with Gasteiger partial charge in [0.2, 0.25) is 0 Å². The molecule has 2 aliphatic rings. The number of aromatic hydroxyl groups is 1. The predicted molar refractivity (Wildman–Crippen MR) is 166 cm³/mol. The number of hydrogen-bond donors (Lipinski definition) is 1. The lowest BCUT2D eigenvalue weighted by Crippen LogP contribution is -2.37. The van der Waals surface area contributed by atoms with Crippen molar-refractivity contribution in [1.82, 2.24) is 4.90 Å². The molecule has 39 heavy (non-hydrogen) atoms. The van der Waals surface area contributed by atoms with E-state index in [4.69, 9.17) is 4.74 Å². The molecule has 1 aliphatic heterocycles. The normalized spacial score (nSPS) is 17.9. The van der Waals surface area contributed by atoms with E-state index in [1.54, 1.807) is 0 Å². The van der Waals surface area contributed by atoms with Crippen LogP contribution >= 0.6 is 0 Å². The number of phenolic OH excluding ortho intramolecular Hbond substituents is 1. The van der Waals surface area contributed by atoms with Gasteiger partial charge in [-0.15, -0.1) is 0 Å². The molecule has 3 aromatic rings. The van der Waals surface area contributed by atoms with Crippen LogP contribution < -0.4 is 9.92 Å². The largest absolute Gasteiger partial charge is 0.508 e. The number of likely N-dealkylation sites (tertiary alicyclic amines) is 1. The fraction of sp³-hybridized carbons (Fsp3) is 0.412. The van der Waals surface area contributed by atoms with Crippen molar-refractivity contribution in [1.29, 1.82) is 0 Å². The number of alkyl halides is 1. The van der Waals surface area contributed by atoms with Crippen molar-refractivity contribution in [2.45, 2.75) is 65.3 Å². The first-order valence-electron chi connectivity index (χ1n) is 14.0. The molecule has 1 fully saturated rings. The molecule has 0 unspecified atom stereocenters. The van der Waals surface area contributed by atoms with Crippen molar-refractivity contribution in [2.24, 2.45) is 0 Å². The third-order valence-corrected chi connectivity index (χ3v) is 9.98. The number of halogens is 1. The van der Waals surface area contributed by atoms with Crippen molar-refractivity contribution in [3.8, 4) is 11.5 Å². The average Bonchev–Trinajstić information content (AvgIpc) is 3.26. The van der Waals surface area contributed by atoms with Gasteiger partial charge in [-0.2, -0.15) is 0 Å². The Morgan fingerprint density at radius 3 is 2.36 bits per heavy atom. The second kappa shape index (κ2) is 12.5. The van der Waals surface area contributed by atoms with Crippen molar-refractivity contribution >= 4 is 24.4 Å². The minimum atomic E-state index is -1.37. The van der Waals surface area contributed by atoms with Crippen molar-refractivity contribution in [3.05, 3.63) is 89.0 Å². The lowest BCUT2D eigenvalue weighted by molar-refractivity contribution is 0.198. The van der Waals surface area contributed by atoms with E-state index in [2.05, 4.69) is 79.1 Å². The highest BCUT2D eigenvalue weighted by molar-refractivity contribution is 6.88. The van der Waals surface area contributed by atoms with E-state index in [-0.39, 0.29) is 20.2 Å². The third kappa shape index (κ3) is 6.82. The maximum absolute atomic E-state index is 12.5. The number of aryl methyl sites for hydroxylation is 1. The van der Waals surface area contributed by atoms with Crippen LogP contribution in [0, 0.1) is 0 Å². The summed E-state index contributed by atoms with van der Waals surface area (Å²) in [4.78, 5) is 2.29. The van der Waals surface area contributed by atoms with Crippen LogP contribution in [0.4, 0.5) is 4.39 Å². The zero-order chi connectivity index (χ0) is 26.7. The molecule has 0 radical (unpaired) electrons.